The number of aromatic nitrogens is 2. The van der Waals surface area contributed by atoms with Crippen molar-refractivity contribution in [3.63, 3.8) is 0 Å². The van der Waals surface area contributed by atoms with E-state index in [1.165, 1.54) is 16.8 Å². The van der Waals surface area contributed by atoms with Crippen molar-refractivity contribution in [3.05, 3.63) is 42.4 Å². The molecule has 1 saturated carbocycles. The molecule has 3 heterocycles. The smallest absolute Gasteiger partial charge is 0.0956 e. The molecule has 3 atom stereocenters. The number of imidazole rings is 1. The van der Waals surface area contributed by atoms with Crippen LogP contribution in [0.3, 0.4) is 0 Å². The molecular formula is C18H20N2O2. The van der Waals surface area contributed by atoms with Crippen molar-refractivity contribution in [3.8, 4) is 11.3 Å². The molecule has 5 rings (SSSR count). The zero-order valence-electron chi connectivity index (χ0n) is 12.5. The quantitative estimate of drug-likeness (QED) is 0.880. The van der Waals surface area contributed by atoms with Crippen LogP contribution in [0.15, 0.2) is 36.8 Å². The van der Waals surface area contributed by atoms with E-state index in [9.17, 15) is 5.11 Å². The number of nitrogens with zero attached hydrogens (tertiary/aromatic N) is 2. The van der Waals surface area contributed by atoms with E-state index in [0.717, 1.165) is 32.5 Å². The van der Waals surface area contributed by atoms with Crippen molar-refractivity contribution in [1.29, 1.82) is 0 Å². The summed E-state index contributed by atoms with van der Waals surface area (Å²) in [5.74, 6) is 0.287. The van der Waals surface area contributed by atoms with Crippen molar-refractivity contribution in [2.45, 2.75) is 31.4 Å². The van der Waals surface area contributed by atoms with Crippen LogP contribution in [-0.4, -0.2) is 34.0 Å². The average molecular weight is 296 g/mol. The van der Waals surface area contributed by atoms with E-state index in [-0.39, 0.29) is 23.5 Å². The Morgan fingerprint density at radius 1 is 1.23 bits per heavy atom. The molecule has 1 saturated heterocycles. The zero-order valence-corrected chi connectivity index (χ0v) is 12.5. The second-order valence-corrected chi connectivity index (χ2v) is 7.01. The summed E-state index contributed by atoms with van der Waals surface area (Å²) in [7, 11) is 0. The SMILES string of the molecule is OC1C(C2c3ccccc3-c3cncn32)CC12CCOCC2. The first kappa shape index (κ1) is 12.9. The maximum absolute atomic E-state index is 10.9. The maximum Gasteiger partial charge on any atom is 0.0956 e. The first-order chi connectivity index (χ1) is 10.8. The Bertz CT molecular complexity index is 717. The number of fused-ring (bicyclic) bond motifs is 3. The number of rotatable bonds is 1. The van der Waals surface area contributed by atoms with E-state index in [1.807, 2.05) is 12.5 Å². The van der Waals surface area contributed by atoms with E-state index in [2.05, 4.69) is 33.8 Å². The third kappa shape index (κ3) is 1.52. The predicted octanol–water partition coefficient (Wildman–Crippen LogP) is 2.63. The topological polar surface area (TPSA) is 47.3 Å². The summed E-state index contributed by atoms with van der Waals surface area (Å²) in [5.41, 5.74) is 3.89. The standard InChI is InChI=1S/C18H20N2O2/c21-17-14(9-18(17)5-7-22-8-6-18)16-13-4-2-1-3-12(13)15-10-19-11-20(15)16/h1-4,10-11,14,16-17,21H,5-9H2. The van der Waals surface area contributed by atoms with Crippen LogP contribution >= 0.6 is 0 Å². The molecule has 3 unspecified atom stereocenters. The van der Waals surface area contributed by atoms with E-state index in [0.29, 0.717) is 0 Å². The summed E-state index contributed by atoms with van der Waals surface area (Å²) < 4.78 is 7.74. The van der Waals surface area contributed by atoms with Gasteiger partial charge in [-0.15, -0.1) is 0 Å². The Balaban J connectivity index is 1.52. The van der Waals surface area contributed by atoms with Gasteiger partial charge in [-0.2, -0.15) is 0 Å². The minimum atomic E-state index is -0.234. The lowest BCUT2D eigenvalue weighted by Gasteiger charge is -2.56. The molecule has 1 aromatic carbocycles. The molecule has 114 valence electrons. The molecule has 4 heteroatoms. The Kier molecular flexibility index (Phi) is 2.59. The van der Waals surface area contributed by atoms with Gasteiger partial charge in [0.2, 0.25) is 0 Å². The van der Waals surface area contributed by atoms with Crippen molar-refractivity contribution < 1.29 is 9.84 Å². The van der Waals surface area contributed by atoms with Gasteiger partial charge in [-0.3, -0.25) is 0 Å². The summed E-state index contributed by atoms with van der Waals surface area (Å²) in [6.07, 6.45) is 6.71. The van der Waals surface area contributed by atoms with Crippen molar-refractivity contribution in [2.24, 2.45) is 11.3 Å². The van der Waals surface area contributed by atoms with Crippen LogP contribution in [0.4, 0.5) is 0 Å². The highest BCUT2D eigenvalue weighted by Crippen LogP contribution is 2.59. The molecule has 2 fully saturated rings. The summed E-state index contributed by atoms with van der Waals surface area (Å²) >= 11 is 0. The molecule has 3 aliphatic rings. The number of hydrogen-bond donors (Lipinski definition) is 1. The Morgan fingerprint density at radius 3 is 2.86 bits per heavy atom. The number of aliphatic hydroxyl groups excluding tert-OH is 1. The van der Waals surface area contributed by atoms with Crippen molar-refractivity contribution >= 4 is 0 Å². The molecule has 0 bridgehead atoms. The molecule has 1 aromatic heterocycles. The van der Waals surface area contributed by atoms with Crippen molar-refractivity contribution in [1.82, 2.24) is 9.55 Å². The highest BCUT2D eigenvalue weighted by atomic mass is 16.5. The number of benzene rings is 1. The number of hydrogen-bond acceptors (Lipinski definition) is 3. The van der Waals surface area contributed by atoms with Gasteiger partial charge in [0.15, 0.2) is 0 Å². The Hall–Kier alpha value is -1.65. The van der Waals surface area contributed by atoms with E-state index in [4.69, 9.17) is 4.74 Å². The summed E-state index contributed by atoms with van der Waals surface area (Å²) in [6, 6.07) is 8.78. The number of ether oxygens (including phenoxy) is 1. The lowest BCUT2D eigenvalue weighted by molar-refractivity contribution is -0.173. The van der Waals surface area contributed by atoms with Crippen molar-refractivity contribution in [2.75, 3.05) is 13.2 Å². The van der Waals surface area contributed by atoms with Crippen LogP contribution in [0.25, 0.3) is 11.3 Å². The number of aliphatic hydroxyl groups is 1. The lowest BCUT2D eigenvalue weighted by Crippen LogP contribution is -2.57. The van der Waals surface area contributed by atoms with Crippen LogP contribution in [0.5, 0.6) is 0 Å². The zero-order chi connectivity index (χ0) is 14.7. The molecule has 1 N–H and O–H groups in total. The van der Waals surface area contributed by atoms with Gasteiger partial charge in [0.05, 0.1) is 30.4 Å². The normalized spacial score (nSPS) is 31.6. The molecular weight excluding hydrogens is 276 g/mol. The molecule has 2 aromatic rings. The van der Waals surface area contributed by atoms with Gasteiger partial charge in [0.1, 0.15) is 0 Å². The predicted molar refractivity (Wildman–Crippen MR) is 82.4 cm³/mol. The highest BCUT2D eigenvalue weighted by molar-refractivity contribution is 5.69. The first-order valence-corrected chi connectivity index (χ1v) is 8.17. The molecule has 0 radical (unpaired) electrons. The van der Waals surface area contributed by atoms with Gasteiger partial charge in [0.25, 0.3) is 0 Å². The Labute approximate surface area is 129 Å². The Morgan fingerprint density at radius 2 is 2.05 bits per heavy atom. The van der Waals surface area contributed by atoms with Gasteiger partial charge in [-0.05, 0) is 24.8 Å². The molecule has 0 amide bonds. The summed E-state index contributed by atoms with van der Waals surface area (Å²) in [4.78, 5) is 4.32. The second-order valence-electron chi connectivity index (χ2n) is 7.01. The van der Waals surface area contributed by atoms with E-state index >= 15 is 0 Å². The largest absolute Gasteiger partial charge is 0.392 e. The van der Waals surface area contributed by atoms with E-state index in [1.54, 1.807) is 0 Å². The van der Waals surface area contributed by atoms with Crippen LogP contribution < -0.4 is 0 Å². The van der Waals surface area contributed by atoms with Crippen LogP contribution in [0.2, 0.25) is 0 Å². The fraction of sp³-hybridized carbons (Fsp3) is 0.500. The van der Waals surface area contributed by atoms with Crippen LogP contribution in [0.1, 0.15) is 30.9 Å². The van der Waals surface area contributed by atoms with Gasteiger partial charge < -0.3 is 14.4 Å². The van der Waals surface area contributed by atoms with Gasteiger partial charge in [-0.25, -0.2) is 4.98 Å². The molecule has 1 spiro atoms. The summed E-state index contributed by atoms with van der Waals surface area (Å²) in [6.45, 7) is 1.59. The van der Waals surface area contributed by atoms with Gasteiger partial charge in [-0.1, -0.05) is 24.3 Å². The molecule has 22 heavy (non-hydrogen) atoms. The summed E-state index contributed by atoms with van der Waals surface area (Å²) in [5, 5.41) is 10.9. The molecule has 4 nitrogen and oxygen atoms in total. The fourth-order valence-corrected chi connectivity index (χ4v) is 4.87. The van der Waals surface area contributed by atoms with Gasteiger partial charge >= 0.3 is 0 Å². The molecule has 2 aliphatic heterocycles. The van der Waals surface area contributed by atoms with Gasteiger partial charge in [0, 0.05) is 30.1 Å². The van der Waals surface area contributed by atoms with Crippen LogP contribution in [-0.2, 0) is 4.74 Å². The molecule has 1 aliphatic carbocycles. The second kappa shape index (κ2) is 4.43. The third-order valence-electron chi connectivity index (χ3n) is 6.09. The minimum absolute atomic E-state index is 0.0984. The fourth-order valence-electron chi connectivity index (χ4n) is 4.87. The lowest BCUT2D eigenvalue weighted by atomic mass is 9.53. The maximum atomic E-state index is 10.9. The average Bonchev–Trinajstić information content (AvgIpc) is 3.14. The third-order valence-corrected chi connectivity index (χ3v) is 6.09. The monoisotopic (exact) mass is 296 g/mol. The highest BCUT2D eigenvalue weighted by Gasteiger charge is 2.57. The van der Waals surface area contributed by atoms with Crippen LogP contribution in [0, 0.1) is 11.3 Å². The van der Waals surface area contributed by atoms with E-state index < -0.39 is 0 Å². The minimum Gasteiger partial charge on any atom is -0.392 e. The first-order valence-electron chi connectivity index (χ1n) is 8.17.